The van der Waals surface area contributed by atoms with Crippen LogP contribution in [-0.4, -0.2) is 18.0 Å². The lowest BCUT2D eigenvalue weighted by atomic mass is 10.0. The molecule has 1 heterocycles. The summed E-state index contributed by atoms with van der Waals surface area (Å²) in [6.07, 6.45) is 0.884. The maximum Gasteiger partial charge on any atom is 0.224 e. The fourth-order valence-electron chi connectivity index (χ4n) is 1.39. The van der Waals surface area contributed by atoms with E-state index in [1.807, 2.05) is 26.8 Å². The molecule has 3 nitrogen and oxygen atoms in total. The minimum Gasteiger partial charge on any atom is -0.353 e. The Morgan fingerprint density at radius 3 is 2.69 bits per heavy atom. The summed E-state index contributed by atoms with van der Waals surface area (Å²) in [5.41, 5.74) is 5.69. The zero-order valence-corrected chi connectivity index (χ0v) is 10.9. The molecule has 16 heavy (non-hydrogen) atoms. The number of hydrogen-bond acceptors (Lipinski definition) is 3. The molecule has 0 saturated carbocycles. The molecule has 0 aromatic carbocycles. The van der Waals surface area contributed by atoms with Crippen LogP contribution < -0.4 is 11.1 Å². The van der Waals surface area contributed by atoms with Crippen LogP contribution in [0.15, 0.2) is 17.5 Å². The van der Waals surface area contributed by atoms with Gasteiger partial charge in [0.25, 0.3) is 0 Å². The molecule has 3 N–H and O–H groups in total. The van der Waals surface area contributed by atoms with Gasteiger partial charge in [-0.05, 0) is 25.3 Å². The number of amides is 1. The Hall–Kier alpha value is -0.870. The highest BCUT2D eigenvalue weighted by Crippen LogP contribution is 2.11. The smallest absolute Gasteiger partial charge is 0.224 e. The van der Waals surface area contributed by atoms with Crippen LogP contribution in [0.4, 0.5) is 0 Å². The molecular weight excluding hydrogens is 220 g/mol. The Kier molecular flexibility index (Phi) is 4.96. The Morgan fingerprint density at radius 2 is 2.19 bits per heavy atom. The SMILES string of the molecule is CC(Cc1cccs1)NC(=O)C(C)C(C)N. The molecular formula is C12H20N2OS. The first-order chi connectivity index (χ1) is 7.50. The average molecular weight is 240 g/mol. The molecule has 90 valence electrons. The molecule has 0 radical (unpaired) electrons. The fourth-order valence-corrected chi connectivity index (χ4v) is 2.23. The highest BCUT2D eigenvalue weighted by molar-refractivity contribution is 7.09. The van der Waals surface area contributed by atoms with E-state index in [2.05, 4.69) is 16.8 Å². The second kappa shape index (κ2) is 6.01. The second-order valence-corrected chi connectivity index (χ2v) is 5.37. The number of carbonyl (C=O) groups is 1. The first kappa shape index (κ1) is 13.2. The van der Waals surface area contributed by atoms with E-state index >= 15 is 0 Å². The third-order valence-electron chi connectivity index (χ3n) is 2.68. The van der Waals surface area contributed by atoms with Crippen molar-refractivity contribution in [3.8, 4) is 0 Å². The summed E-state index contributed by atoms with van der Waals surface area (Å²) in [6, 6.07) is 4.17. The van der Waals surface area contributed by atoms with Crippen LogP contribution >= 0.6 is 11.3 Å². The molecule has 0 fully saturated rings. The number of carbonyl (C=O) groups excluding carboxylic acids is 1. The second-order valence-electron chi connectivity index (χ2n) is 4.34. The standard InChI is InChI=1S/C12H20N2OS/c1-8(7-11-5-4-6-16-11)14-12(15)9(2)10(3)13/h4-6,8-10H,7,13H2,1-3H3,(H,14,15). The van der Waals surface area contributed by atoms with Crippen molar-refractivity contribution in [1.29, 1.82) is 0 Å². The van der Waals surface area contributed by atoms with Crippen molar-refractivity contribution in [2.75, 3.05) is 0 Å². The maximum atomic E-state index is 11.7. The molecule has 3 unspecified atom stereocenters. The summed E-state index contributed by atoms with van der Waals surface area (Å²) in [6.45, 7) is 5.73. The van der Waals surface area contributed by atoms with Crippen molar-refractivity contribution in [1.82, 2.24) is 5.32 Å². The highest BCUT2D eigenvalue weighted by atomic mass is 32.1. The monoisotopic (exact) mass is 240 g/mol. The average Bonchev–Trinajstić information content (AvgIpc) is 2.68. The Bertz CT molecular complexity index is 322. The molecule has 1 rings (SSSR count). The third-order valence-corrected chi connectivity index (χ3v) is 3.58. The molecule has 1 amide bonds. The van der Waals surface area contributed by atoms with Gasteiger partial charge in [0.15, 0.2) is 0 Å². The minimum atomic E-state index is -0.134. The normalized spacial score (nSPS) is 16.5. The summed E-state index contributed by atoms with van der Waals surface area (Å²) in [5.74, 6) is -0.0927. The van der Waals surface area contributed by atoms with Gasteiger partial charge >= 0.3 is 0 Å². The van der Waals surface area contributed by atoms with Crippen LogP contribution in [-0.2, 0) is 11.2 Å². The van der Waals surface area contributed by atoms with Gasteiger partial charge in [-0.25, -0.2) is 0 Å². The third kappa shape index (κ3) is 3.94. The number of nitrogens with one attached hydrogen (secondary N) is 1. The molecule has 1 aromatic heterocycles. The van der Waals surface area contributed by atoms with E-state index < -0.39 is 0 Å². The van der Waals surface area contributed by atoms with E-state index in [1.165, 1.54) is 4.88 Å². The minimum absolute atomic E-state index is 0.0408. The fraction of sp³-hybridized carbons (Fsp3) is 0.583. The predicted molar refractivity (Wildman–Crippen MR) is 68.4 cm³/mol. The Morgan fingerprint density at radius 1 is 1.50 bits per heavy atom. The molecule has 0 bridgehead atoms. The first-order valence-corrected chi connectivity index (χ1v) is 6.47. The van der Waals surface area contributed by atoms with Crippen molar-refractivity contribution in [2.24, 2.45) is 11.7 Å². The van der Waals surface area contributed by atoms with Crippen molar-refractivity contribution in [2.45, 2.75) is 39.3 Å². The van der Waals surface area contributed by atoms with Crippen molar-refractivity contribution < 1.29 is 4.79 Å². The molecule has 0 aliphatic heterocycles. The molecule has 0 aliphatic rings. The molecule has 0 spiro atoms. The van der Waals surface area contributed by atoms with Crippen LogP contribution in [0.5, 0.6) is 0 Å². The summed E-state index contributed by atoms with van der Waals surface area (Å²) in [4.78, 5) is 13.0. The number of hydrogen-bond donors (Lipinski definition) is 2. The summed E-state index contributed by atoms with van der Waals surface area (Å²) >= 11 is 1.72. The Labute approximate surface area is 101 Å². The molecule has 0 aliphatic carbocycles. The van der Waals surface area contributed by atoms with Crippen molar-refractivity contribution in [3.63, 3.8) is 0 Å². The summed E-state index contributed by atoms with van der Waals surface area (Å²) in [7, 11) is 0. The van der Waals surface area contributed by atoms with Gasteiger partial charge in [-0.3, -0.25) is 4.79 Å². The zero-order chi connectivity index (χ0) is 12.1. The van der Waals surface area contributed by atoms with Crippen LogP contribution in [0.2, 0.25) is 0 Å². The van der Waals surface area contributed by atoms with Crippen LogP contribution in [0.1, 0.15) is 25.6 Å². The quantitative estimate of drug-likeness (QED) is 0.824. The van der Waals surface area contributed by atoms with E-state index in [0.29, 0.717) is 0 Å². The van der Waals surface area contributed by atoms with Gasteiger partial charge in [0.1, 0.15) is 0 Å². The maximum absolute atomic E-state index is 11.7. The van der Waals surface area contributed by atoms with Gasteiger partial charge in [0.2, 0.25) is 5.91 Å². The van der Waals surface area contributed by atoms with Crippen LogP contribution in [0.25, 0.3) is 0 Å². The van der Waals surface area contributed by atoms with Gasteiger partial charge in [-0.2, -0.15) is 0 Å². The lowest BCUT2D eigenvalue weighted by Crippen LogP contribution is -2.42. The van der Waals surface area contributed by atoms with Gasteiger partial charge in [0.05, 0.1) is 0 Å². The topological polar surface area (TPSA) is 55.1 Å². The van der Waals surface area contributed by atoms with Gasteiger partial charge in [-0.1, -0.05) is 13.0 Å². The van der Waals surface area contributed by atoms with Crippen LogP contribution in [0.3, 0.4) is 0 Å². The Balaban J connectivity index is 2.39. The van der Waals surface area contributed by atoms with Gasteiger partial charge < -0.3 is 11.1 Å². The van der Waals surface area contributed by atoms with E-state index in [0.717, 1.165) is 6.42 Å². The van der Waals surface area contributed by atoms with E-state index in [-0.39, 0.29) is 23.9 Å². The van der Waals surface area contributed by atoms with E-state index in [1.54, 1.807) is 11.3 Å². The molecule has 4 heteroatoms. The number of thiophene rings is 1. The largest absolute Gasteiger partial charge is 0.353 e. The van der Waals surface area contributed by atoms with Crippen molar-refractivity contribution >= 4 is 17.2 Å². The van der Waals surface area contributed by atoms with E-state index in [9.17, 15) is 4.79 Å². The first-order valence-electron chi connectivity index (χ1n) is 5.59. The van der Waals surface area contributed by atoms with Crippen molar-refractivity contribution in [3.05, 3.63) is 22.4 Å². The summed E-state index contributed by atoms with van der Waals surface area (Å²) in [5, 5.41) is 5.04. The molecule has 1 aromatic rings. The van der Waals surface area contributed by atoms with Crippen LogP contribution in [0, 0.1) is 5.92 Å². The number of rotatable bonds is 5. The molecule has 3 atom stereocenters. The predicted octanol–water partition coefficient (Wildman–Crippen LogP) is 1.78. The lowest BCUT2D eigenvalue weighted by Gasteiger charge is -2.19. The van der Waals surface area contributed by atoms with Gasteiger partial charge in [-0.15, -0.1) is 11.3 Å². The number of nitrogens with two attached hydrogens (primary N) is 1. The van der Waals surface area contributed by atoms with E-state index in [4.69, 9.17) is 5.73 Å². The zero-order valence-electron chi connectivity index (χ0n) is 10.1. The summed E-state index contributed by atoms with van der Waals surface area (Å²) < 4.78 is 0. The van der Waals surface area contributed by atoms with Gasteiger partial charge in [0, 0.05) is 29.3 Å². The lowest BCUT2D eigenvalue weighted by molar-refractivity contribution is -0.125. The highest BCUT2D eigenvalue weighted by Gasteiger charge is 2.18. The molecule has 0 saturated heterocycles.